The summed E-state index contributed by atoms with van der Waals surface area (Å²) in [6, 6.07) is 15.6. The van der Waals surface area contributed by atoms with E-state index in [4.69, 9.17) is 10.0 Å². The highest BCUT2D eigenvalue weighted by Gasteiger charge is 2.08. The topological polar surface area (TPSA) is 40.5 Å². The van der Waals surface area contributed by atoms with Crippen molar-refractivity contribution in [2.75, 3.05) is 0 Å². The van der Waals surface area contributed by atoms with E-state index in [0.29, 0.717) is 5.46 Å². The number of aryl methyl sites for hydroxylation is 3. The van der Waals surface area contributed by atoms with Gasteiger partial charge in [-0.3, -0.25) is 0 Å². The van der Waals surface area contributed by atoms with Crippen LogP contribution in [0.4, 0.5) is 0 Å². The fraction of sp³-hybridized carbons (Fsp3) is 0.368. The minimum atomic E-state index is -1.35. The first-order valence-corrected chi connectivity index (χ1v) is 7.95. The van der Waals surface area contributed by atoms with Crippen molar-refractivity contribution in [2.24, 2.45) is 0 Å². The van der Waals surface area contributed by atoms with E-state index in [0.717, 1.165) is 5.56 Å². The zero-order chi connectivity index (χ0) is 17.5. The van der Waals surface area contributed by atoms with Crippen molar-refractivity contribution >= 4 is 12.6 Å². The number of benzene rings is 2. The second-order valence-electron chi connectivity index (χ2n) is 4.44. The van der Waals surface area contributed by atoms with Crippen molar-refractivity contribution in [3.05, 3.63) is 65.2 Å². The van der Waals surface area contributed by atoms with Gasteiger partial charge >= 0.3 is 7.12 Å². The zero-order valence-corrected chi connectivity index (χ0v) is 15.1. The monoisotopic (exact) mass is 302 g/mol. The quantitative estimate of drug-likeness (QED) is 0.781. The summed E-state index contributed by atoms with van der Waals surface area (Å²) in [4.78, 5) is 0. The minimum Gasteiger partial charge on any atom is -0.423 e. The molecule has 0 radical (unpaired) electrons. The summed E-state index contributed by atoms with van der Waals surface area (Å²) in [5.74, 6) is 0. The van der Waals surface area contributed by atoms with Gasteiger partial charge in [0, 0.05) is 0 Å². The molecule has 2 rings (SSSR count). The molecule has 122 valence electrons. The first-order chi connectivity index (χ1) is 10.5. The van der Waals surface area contributed by atoms with Gasteiger partial charge in [-0.25, -0.2) is 0 Å². The molecule has 2 aromatic rings. The van der Waals surface area contributed by atoms with E-state index in [2.05, 4.69) is 38.1 Å². The highest BCUT2D eigenvalue weighted by molar-refractivity contribution is 6.58. The molecule has 0 aliphatic heterocycles. The van der Waals surface area contributed by atoms with Crippen LogP contribution in [0.2, 0.25) is 0 Å². The lowest BCUT2D eigenvalue weighted by atomic mass is 9.80. The Labute approximate surface area is 137 Å². The molecule has 0 saturated heterocycles. The molecule has 0 bridgehead atoms. The number of hydrogen-bond donors (Lipinski definition) is 2. The Morgan fingerprint density at radius 1 is 0.545 bits per heavy atom. The summed E-state index contributed by atoms with van der Waals surface area (Å²) in [7, 11) is -1.35. The van der Waals surface area contributed by atoms with Crippen molar-refractivity contribution in [3.63, 3.8) is 0 Å². The van der Waals surface area contributed by atoms with Gasteiger partial charge in [0.15, 0.2) is 0 Å². The van der Waals surface area contributed by atoms with Crippen LogP contribution in [0.5, 0.6) is 0 Å². The van der Waals surface area contributed by atoms with Crippen LogP contribution in [0.25, 0.3) is 0 Å². The van der Waals surface area contributed by atoms with Crippen LogP contribution in [0, 0.1) is 20.8 Å². The van der Waals surface area contributed by atoms with Gasteiger partial charge in [-0.2, -0.15) is 0 Å². The lowest BCUT2D eigenvalue weighted by Crippen LogP contribution is -2.29. The van der Waals surface area contributed by atoms with Crippen molar-refractivity contribution in [1.29, 1.82) is 0 Å². The fourth-order valence-electron chi connectivity index (χ4n) is 1.38. The van der Waals surface area contributed by atoms with Gasteiger partial charge in [0.25, 0.3) is 0 Å². The fourth-order valence-corrected chi connectivity index (χ4v) is 1.38. The molecule has 0 atom stereocenters. The molecule has 22 heavy (non-hydrogen) atoms. The summed E-state index contributed by atoms with van der Waals surface area (Å²) >= 11 is 0. The van der Waals surface area contributed by atoms with Gasteiger partial charge in [0.2, 0.25) is 0 Å². The highest BCUT2D eigenvalue weighted by atomic mass is 16.4. The molecule has 0 aliphatic rings. The van der Waals surface area contributed by atoms with Gasteiger partial charge in [-0.1, -0.05) is 92.9 Å². The minimum absolute atomic E-state index is 0.533. The second kappa shape index (κ2) is 14.4. The van der Waals surface area contributed by atoms with Gasteiger partial charge in [-0.05, 0) is 26.2 Å². The van der Waals surface area contributed by atoms with E-state index in [-0.39, 0.29) is 0 Å². The summed E-state index contributed by atoms with van der Waals surface area (Å²) in [6.07, 6.45) is 0. The van der Waals surface area contributed by atoms with E-state index in [1.54, 1.807) is 12.1 Å². The Hall–Kier alpha value is -1.58. The SMILES string of the molecule is CC.CC.Cc1ccc(B(O)O)cc1.Cc1ccc(C)cc1. The average molecular weight is 302 g/mol. The highest BCUT2D eigenvalue weighted by Crippen LogP contribution is 1.99. The molecule has 0 amide bonds. The molecular formula is C19H31BO2. The standard InChI is InChI=1S/C8H10.C7H9BO2.2C2H6/c1-7-3-5-8(2)6-4-7;1-6-2-4-7(5-3-6)8(9)10;2*1-2/h3-6H,1-2H3;2-5,9-10H,1H3;2*1-2H3. The van der Waals surface area contributed by atoms with Crippen LogP contribution in [0.1, 0.15) is 44.4 Å². The van der Waals surface area contributed by atoms with Gasteiger partial charge in [0.1, 0.15) is 0 Å². The average Bonchev–Trinajstić information content (AvgIpc) is 2.55. The second-order valence-corrected chi connectivity index (χ2v) is 4.44. The molecule has 0 saturated carbocycles. The van der Waals surface area contributed by atoms with Gasteiger partial charge in [0.05, 0.1) is 0 Å². The first-order valence-electron chi connectivity index (χ1n) is 7.95. The Kier molecular flexibility index (Phi) is 14.8. The molecule has 2 N–H and O–H groups in total. The molecule has 0 aromatic heterocycles. The van der Waals surface area contributed by atoms with Crippen molar-refractivity contribution < 1.29 is 10.0 Å². The van der Waals surface area contributed by atoms with Crippen LogP contribution in [-0.4, -0.2) is 17.2 Å². The number of hydrogen-bond acceptors (Lipinski definition) is 2. The Bertz CT molecular complexity index is 441. The summed E-state index contributed by atoms with van der Waals surface area (Å²) in [5, 5.41) is 17.3. The van der Waals surface area contributed by atoms with Crippen molar-refractivity contribution in [2.45, 2.75) is 48.5 Å². The van der Waals surface area contributed by atoms with E-state index in [9.17, 15) is 0 Å². The predicted octanol–water partition coefficient (Wildman–Crippen LogP) is 4.03. The smallest absolute Gasteiger partial charge is 0.423 e. The molecule has 0 unspecified atom stereocenters. The first kappa shape index (κ1) is 22.7. The molecule has 0 fully saturated rings. The van der Waals surface area contributed by atoms with Crippen LogP contribution in [0.3, 0.4) is 0 Å². The normalized spacial score (nSPS) is 8.23. The molecular weight excluding hydrogens is 271 g/mol. The summed E-state index contributed by atoms with van der Waals surface area (Å²) < 4.78 is 0. The number of rotatable bonds is 1. The molecule has 3 heteroatoms. The van der Waals surface area contributed by atoms with Crippen molar-refractivity contribution in [1.82, 2.24) is 0 Å². The Balaban J connectivity index is 0. The Morgan fingerprint density at radius 3 is 1.00 bits per heavy atom. The van der Waals surface area contributed by atoms with Crippen molar-refractivity contribution in [3.8, 4) is 0 Å². The third-order valence-electron chi connectivity index (χ3n) is 2.59. The van der Waals surface area contributed by atoms with Crippen LogP contribution in [0.15, 0.2) is 48.5 Å². The van der Waals surface area contributed by atoms with Crippen LogP contribution < -0.4 is 5.46 Å². The lowest BCUT2D eigenvalue weighted by molar-refractivity contribution is 0.426. The third kappa shape index (κ3) is 11.1. The van der Waals surface area contributed by atoms with E-state index >= 15 is 0 Å². The third-order valence-corrected chi connectivity index (χ3v) is 2.59. The van der Waals surface area contributed by atoms with E-state index in [1.165, 1.54) is 11.1 Å². The van der Waals surface area contributed by atoms with E-state index in [1.807, 2.05) is 46.8 Å². The van der Waals surface area contributed by atoms with Gasteiger partial charge < -0.3 is 10.0 Å². The maximum absolute atomic E-state index is 8.67. The van der Waals surface area contributed by atoms with E-state index < -0.39 is 7.12 Å². The molecule has 0 aliphatic carbocycles. The zero-order valence-electron chi connectivity index (χ0n) is 15.1. The van der Waals surface area contributed by atoms with Gasteiger partial charge in [-0.15, -0.1) is 0 Å². The molecule has 0 spiro atoms. The van der Waals surface area contributed by atoms with Crippen LogP contribution in [-0.2, 0) is 0 Å². The summed E-state index contributed by atoms with van der Waals surface area (Å²) in [5.41, 5.74) is 4.31. The molecule has 2 aromatic carbocycles. The maximum atomic E-state index is 8.67. The molecule has 0 heterocycles. The Morgan fingerprint density at radius 2 is 0.773 bits per heavy atom. The largest absolute Gasteiger partial charge is 0.488 e. The lowest BCUT2D eigenvalue weighted by Gasteiger charge is -1.97. The summed E-state index contributed by atoms with van der Waals surface area (Å²) in [6.45, 7) is 14.1. The predicted molar refractivity (Wildman–Crippen MR) is 99.6 cm³/mol. The maximum Gasteiger partial charge on any atom is 0.488 e. The van der Waals surface area contributed by atoms with Crippen LogP contribution >= 0.6 is 0 Å². The molecule has 2 nitrogen and oxygen atoms in total.